The molecule has 2 aromatic carbocycles. The molecule has 2 heterocycles. The quantitative estimate of drug-likeness (QED) is 0.671. The fraction of sp³-hybridized carbons (Fsp3) is 0.440. The van der Waals surface area contributed by atoms with Crippen LogP contribution in [0.15, 0.2) is 48.5 Å². The molecule has 2 fully saturated rings. The summed E-state index contributed by atoms with van der Waals surface area (Å²) in [6, 6.07) is 14.9. The van der Waals surface area contributed by atoms with E-state index in [0.29, 0.717) is 17.1 Å². The van der Waals surface area contributed by atoms with E-state index in [0.717, 1.165) is 56.8 Å². The first kappa shape index (κ1) is 22.6. The van der Waals surface area contributed by atoms with Crippen molar-refractivity contribution in [1.29, 1.82) is 0 Å². The maximum Gasteiger partial charge on any atom is 0.253 e. The van der Waals surface area contributed by atoms with Gasteiger partial charge >= 0.3 is 0 Å². The maximum atomic E-state index is 12.9. The standard InChI is InChI=1S/C25H31ClN4O2/c26-20-7-5-6-19(18-20)24(31)28-21-10-15-30(16-11-21)23-9-2-1-8-22(23)25(32)27-12-17-29-13-3-4-14-29/h1-2,5-9,18,21H,3-4,10-17H2,(H,27,32)(H,28,31). The van der Waals surface area contributed by atoms with Gasteiger partial charge in [-0.05, 0) is 69.1 Å². The number of anilines is 1. The number of nitrogens with one attached hydrogen (secondary N) is 2. The Labute approximate surface area is 194 Å². The summed E-state index contributed by atoms with van der Waals surface area (Å²) < 4.78 is 0. The van der Waals surface area contributed by atoms with Crippen LogP contribution in [0.25, 0.3) is 0 Å². The Kier molecular flexibility index (Phi) is 7.66. The number of carbonyl (C=O) groups excluding carboxylic acids is 2. The van der Waals surface area contributed by atoms with Gasteiger partial charge in [0.1, 0.15) is 0 Å². The fourth-order valence-electron chi connectivity index (χ4n) is 4.53. The van der Waals surface area contributed by atoms with Crippen molar-refractivity contribution < 1.29 is 9.59 Å². The van der Waals surface area contributed by atoms with Crippen molar-refractivity contribution in [3.63, 3.8) is 0 Å². The van der Waals surface area contributed by atoms with Crippen LogP contribution in [-0.4, -0.2) is 62.0 Å². The molecule has 2 amide bonds. The number of rotatable bonds is 7. The van der Waals surface area contributed by atoms with Crippen molar-refractivity contribution in [2.45, 2.75) is 31.7 Å². The largest absolute Gasteiger partial charge is 0.371 e. The summed E-state index contributed by atoms with van der Waals surface area (Å²) in [6.07, 6.45) is 4.17. The highest BCUT2D eigenvalue weighted by Crippen LogP contribution is 2.24. The first-order valence-corrected chi connectivity index (χ1v) is 11.9. The van der Waals surface area contributed by atoms with Crippen LogP contribution in [0, 0.1) is 0 Å². The van der Waals surface area contributed by atoms with Crippen LogP contribution in [0.5, 0.6) is 0 Å². The SMILES string of the molecule is O=C(NC1CCN(c2ccccc2C(=O)NCCN2CCCC2)CC1)c1cccc(Cl)c1. The summed E-state index contributed by atoms with van der Waals surface area (Å²) in [4.78, 5) is 30.0. The molecule has 0 aliphatic carbocycles. The summed E-state index contributed by atoms with van der Waals surface area (Å²) >= 11 is 6.00. The Balaban J connectivity index is 1.30. The van der Waals surface area contributed by atoms with Crippen molar-refractivity contribution in [2.24, 2.45) is 0 Å². The van der Waals surface area contributed by atoms with Crippen LogP contribution >= 0.6 is 11.6 Å². The van der Waals surface area contributed by atoms with Gasteiger partial charge in [0.25, 0.3) is 11.8 Å². The van der Waals surface area contributed by atoms with Crippen LogP contribution in [-0.2, 0) is 0 Å². The van der Waals surface area contributed by atoms with Crippen LogP contribution in [0.2, 0.25) is 5.02 Å². The minimum Gasteiger partial charge on any atom is -0.371 e. The number of benzene rings is 2. The number of hydrogen-bond donors (Lipinski definition) is 2. The van der Waals surface area contributed by atoms with Crippen LogP contribution < -0.4 is 15.5 Å². The Hall–Kier alpha value is -2.57. The molecule has 32 heavy (non-hydrogen) atoms. The van der Waals surface area contributed by atoms with Gasteiger partial charge in [-0.1, -0.05) is 29.8 Å². The van der Waals surface area contributed by atoms with E-state index < -0.39 is 0 Å². The second-order valence-corrected chi connectivity index (χ2v) is 9.00. The highest BCUT2D eigenvalue weighted by molar-refractivity contribution is 6.30. The lowest BCUT2D eigenvalue weighted by Gasteiger charge is -2.35. The predicted molar refractivity (Wildman–Crippen MR) is 129 cm³/mol. The molecular weight excluding hydrogens is 424 g/mol. The Morgan fingerprint density at radius 2 is 1.69 bits per heavy atom. The lowest BCUT2D eigenvalue weighted by Crippen LogP contribution is -2.45. The van der Waals surface area contributed by atoms with Crippen molar-refractivity contribution >= 4 is 29.1 Å². The average molecular weight is 455 g/mol. The van der Waals surface area contributed by atoms with Gasteiger partial charge in [-0.2, -0.15) is 0 Å². The van der Waals surface area contributed by atoms with Crippen LogP contribution in [0.3, 0.4) is 0 Å². The van der Waals surface area contributed by atoms with E-state index in [4.69, 9.17) is 11.6 Å². The number of nitrogens with zero attached hydrogens (tertiary/aromatic N) is 2. The van der Waals surface area contributed by atoms with Gasteiger partial charge in [0, 0.05) is 48.5 Å². The third-order valence-corrected chi connectivity index (χ3v) is 6.55. The number of amides is 2. The molecule has 2 saturated heterocycles. The van der Waals surface area contributed by atoms with Crippen molar-refractivity contribution in [3.05, 3.63) is 64.7 Å². The number of piperidine rings is 1. The molecule has 0 spiro atoms. The molecule has 0 atom stereocenters. The number of likely N-dealkylation sites (tertiary alicyclic amines) is 1. The van der Waals surface area contributed by atoms with Gasteiger partial charge in [0.05, 0.1) is 5.56 Å². The van der Waals surface area contributed by atoms with Crippen LogP contribution in [0.1, 0.15) is 46.4 Å². The third-order valence-electron chi connectivity index (χ3n) is 6.32. The smallest absolute Gasteiger partial charge is 0.253 e. The molecule has 2 aromatic rings. The van der Waals surface area contributed by atoms with Gasteiger partial charge in [0.2, 0.25) is 0 Å². The van der Waals surface area contributed by atoms with Gasteiger partial charge < -0.3 is 20.4 Å². The lowest BCUT2D eigenvalue weighted by atomic mass is 10.0. The maximum absolute atomic E-state index is 12.9. The number of para-hydroxylation sites is 1. The molecule has 0 radical (unpaired) electrons. The molecular formula is C25H31ClN4O2. The topological polar surface area (TPSA) is 64.7 Å². The highest BCUT2D eigenvalue weighted by atomic mass is 35.5. The zero-order valence-corrected chi connectivity index (χ0v) is 19.1. The first-order valence-electron chi connectivity index (χ1n) is 11.5. The summed E-state index contributed by atoms with van der Waals surface area (Å²) in [5.41, 5.74) is 2.26. The lowest BCUT2D eigenvalue weighted by molar-refractivity contribution is 0.0929. The fourth-order valence-corrected chi connectivity index (χ4v) is 4.72. The van der Waals surface area contributed by atoms with Crippen molar-refractivity contribution in [3.8, 4) is 0 Å². The molecule has 7 heteroatoms. The molecule has 4 rings (SSSR count). The highest BCUT2D eigenvalue weighted by Gasteiger charge is 2.24. The van der Waals surface area contributed by atoms with E-state index in [1.807, 2.05) is 24.3 Å². The monoisotopic (exact) mass is 454 g/mol. The van der Waals surface area contributed by atoms with Crippen molar-refractivity contribution in [2.75, 3.05) is 44.2 Å². The molecule has 6 nitrogen and oxygen atoms in total. The van der Waals surface area contributed by atoms with Crippen molar-refractivity contribution in [1.82, 2.24) is 15.5 Å². The summed E-state index contributed by atoms with van der Waals surface area (Å²) in [5, 5.41) is 6.76. The Morgan fingerprint density at radius 1 is 0.938 bits per heavy atom. The van der Waals surface area contributed by atoms with Gasteiger partial charge in [0.15, 0.2) is 0 Å². The molecule has 170 valence electrons. The van der Waals surface area contributed by atoms with E-state index in [9.17, 15) is 9.59 Å². The molecule has 2 N–H and O–H groups in total. The normalized spacial score (nSPS) is 17.3. The molecule has 0 aromatic heterocycles. The second kappa shape index (κ2) is 10.8. The third kappa shape index (κ3) is 5.81. The zero-order valence-electron chi connectivity index (χ0n) is 18.4. The zero-order chi connectivity index (χ0) is 22.3. The van der Waals surface area contributed by atoms with E-state index in [1.165, 1.54) is 12.8 Å². The summed E-state index contributed by atoms with van der Waals surface area (Å²) in [6.45, 7) is 5.43. The van der Waals surface area contributed by atoms with E-state index in [-0.39, 0.29) is 17.9 Å². The van der Waals surface area contributed by atoms with E-state index in [1.54, 1.807) is 24.3 Å². The molecule has 0 unspecified atom stereocenters. The number of carbonyl (C=O) groups is 2. The minimum absolute atomic E-state index is 0.0174. The summed E-state index contributed by atoms with van der Waals surface area (Å²) in [7, 11) is 0. The Bertz CT molecular complexity index is 937. The average Bonchev–Trinajstić information content (AvgIpc) is 3.33. The van der Waals surface area contributed by atoms with E-state index in [2.05, 4.69) is 20.4 Å². The molecule has 0 bridgehead atoms. The number of halogens is 1. The van der Waals surface area contributed by atoms with Gasteiger partial charge in [-0.25, -0.2) is 0 Å². The van der Waals surface area contributed by atoms with Crippen LogP contribution in [0.4, 0.5) is 5.69 Å². The first-order chi connectivity index (χ1) is 15.6. The summed E-state index contributed by atoms with van der Waals surface area (Å²) in [5.74, 6) is -0.111. The minimum atomic E-state index is -0.0938. The predicted octanol–water partition coefficient (Wildman–Crippen LogP) is 3.56. The van der Waals surface area contributed by atoms with E-state index >= 15 is 0 Å². The molecule has 2 aliphatic heterocycles. The Morgan fingerprint density at radius 3 is 2.44 bits per heavy atom. The second-order valence-electron chi connectivity index (χ2n) is 8.57. The molecule has 0 saturated carbocycles. The van der Waals surface area contributed by atoms with Gasteiger partial charge in [-0.3, -0.25) is 9.59 Å². The number of hydrogen-bond acceptors (Lipinski definition) is 4. The molecule has 2 aliphatic rings. The van der Waals surface area contributed by atoms with Gasteiger partial charge in [-0.15, -0.1) is 0 Å².